The van der Waals surface area contributed by atoms with Crippen molar-refractivity contribution >= 4 is 22.7 Å². The van der Waals surface area contributed by atoms with Gasteiger partial charge < -0.3 is 15.3 Å². The van der Waals surface area contributed by atoms with E-state index in [0.29, 0.717) is 5.92 Å². The van der Waals surface area contributed by atoms with Crippen LogP contribution < -0.4 is 10.2 Å². The number of aliphatic hydroxyl groups is 1. The van der Waals surface area contributed by atoms with Gasteiger partial charge in [0.15, 0.2) is 11.6 Å². The maximum absolute atomic E-state index is 9.07. The van der Waals surface area contributed by atoms with Gasteiger partial charge in [-0.1, -0.05) is 12.1 Å². The minimum Gasteiger partial charge on any atom is -0.396 e. The molecular formula is C13H16N4O. The molecule has 2 heterocycles. The molecule has 5 heteroatoms. The van der Waals surface area contributed by atoms with Gasteiger partial charge in [-0.15, -0.1) is 0 Å². The number of hydrogen-bond acceptors (Lipinski definition) is 5. The second-order valence-corrected chi connectivity index (χ2v) is 4.59. The van der Waals surface area contributed by atoms with E-state index in [2.05, 4.69) is 20.2 Å². The lowest BCUT2D eigenvalue weighted by atomic mass is 10.0. The Kier molecular flexibility index (Phi) is 2.76. The average molecular weight is 244 g/mol. The standard InChI is InChI=1S/C13H16N4O/c1-14-12-13(17-6-9(7-17)8-18)16-11-5-3-2-4-10(11)15-12/h2-5,9,18H,6-8H2,1H3,(H,14,15). The lowest BCUT2D eigenvalue weighted by Gasteiger charge is -2.39. The third kappa shape index (κ3) is 1.76. The second kappa shape index (κ2) is 4.42. The molecule has 1 fully saturated rings. The van der Waals surface area contributed by atoms with Gasteiger partial charge in [0.05, 0.1) is 11.0 Å². The number of benzene rings is 1. The molecule has 0 spiro atoms. The molecule has 1 aromatic heterocycles. The monoisotopic (exact) mass is 244 g/mol. The van der Waals surface area contributed by atoms with Crippen molar-refractivity contribution in [2.45, 2.75) is 0 Å². The number of nitrogens with zero attached hydrogens (tertiary/aromatic N) is 3. The summed E-state index contributed by atoms with van der Waals surface area (Å²) < 4.78 is 0. The van der Waals surface area contributed by atoms with Crippen molar-refractivity contribution in [1.29, 1.82) is 0 Å². The Morgan fingerprint density at radius 1 is 1.28 bits per heavy atom. The lowest BCUT2D eigenvalue weighted by Crippen LogP contribution is -2.49. The number of rotatable bonds is 3. The van der Waals surface area contributed by atoms with Crippen LogP contribution in [0.5, 0.6) is 0 Å². The summed E-state index contributed by atoms with van der Waals surface area (Å²) in [7, 11) is 1.85. The zero-order valence-corrected chi connectivity index (χ0v) is 10.3. The van der Waals surface area contributed by atoms with E-state index in [1.54, 1.807) is 0 Å². The van der Waals surface area contributed by atoms with Crippen molar-refractivity contribution < 1.29 is 5.11 Å². The fourth-order valence-electron chi connectivity index (χ4n) is 2.24. The Labute approximate surface area is 105 Å². The molecule has 5 nitrogen and oxygen atoms in total. The van der Waals surface area contributed by atoms with Crippen molar-refractivity contribution in [2.24, 2.45) is 5.92 Å². The van der Waals surface area contributed by atoms with E-state index < -0.39 is 0 Å². The molecule has 0 amide bonds. The summed E-state index contributed by atoms with van der Waals surface area (Å²) >= 11 is 0. The highest BCUT2D eigenvalue weighted by Gasteiger charge is 2.29. The number of nitrogens with one attached hydrogen (secondary N) is 1. The van der Waals surface area contributed by atoms with E-state index in [1.165, 1.54) is 0 Å². The summed E-state index contributed by atoms with van der Waals surface area (Å²) in [4.78, 5) is 11.4. The van der Waals surface area contributed by atoms with Crippen LogP contribution in [0.4, 0.5) is 11.6 Å². The van der Waals surface area contributed by atoms with Gasteiger partial charge in [0, 0.05) is 32.7 Å². The van der Waals surface area contributed by atoms with Gasteiger partial charge in [0.1, 0.15) is 0 Å². The normalized spacial score (nSPS) is 15.8. The summed E-state index contributed by atoms with van der Waals surface area (Å²) in [5, 5.41) is 12.2. The number of fused-ring (bicyclic) bond motifs is 1. The van der Waals surface area contributed by atoms with Crippen molar-refractivity contribution in [3.63, 3.8) is 0 Å². The van der Waals surface area contributed by atoms with Gasteiger partial charge in [0.25, 0.3) is 0 Å². The van der Waals surface area contributed by atoms with Crippen LogP contribution in [-0.2, 0) is 0 Å². The minimum atomic E-state index is 0.242. The largest absolute Gasteiger partial charge is 0.396 e. The molecular weight excluding hydrogens is 228 g/mol. The first kappa shape index (κ1) is 11.2. The van der Waals surface area contributed by atoms with E-state index in [-0.39, 0.29) is 6.61 Å². The second-order valence-electron chi connectivity index (χ2n) is 4.59. The van der Waals surface area contributed by atoms with Crippen LogP contribution >= 0.6 is 0 Å². The summed E-state index contributed by atoms with van der Waals surface area (Å²) in [5.74, 6) is 2.04. The molecule has 1 aliphatic rings. The average Bonchev–Trinajstić information content (AvgIpc) is 2.36. The van der Waals surface area contributed by atoms with Crippen LogP contribution in [0, 0.1) is 5.92 Å². The van der Waals surface area contributed by atoms with Gasteiger partial charge in [-0.2, -0.15) is 0 Å². The van der Waals surface area contributed by atoms with Crippen molar-refractivity contribution in [3.05, 3.63) is 24.3 Å². The first-order chi connectivity index (χ1) is 8.81. The summed E-state index contributed by atoms with van der Waals surface area (Å²) in [5.41, 5.74) is 1.80. The third-order valence-corrected chi connectivity index (χ3v) is 3.30. The molecule has 18 heavy (non-hydrogen) atoms. The summed E-state index contributed by atoms with van der Waals surface area (Å²) in [6, 6.07) is 7.85. The molecule has 0 saturated carbocycles. The zero-order valence-electron chi connectivity index (χ0n) is 10.3. The fourth-order valence-corrected chi connectivity index (χ4v) is 2.24. The molecule has 3 rings (SSSR count). The van der Waals surface area contributed by atoms with E-state index in [4.69, 9.17) is 5.11 Å². The Balaban J connectivity index is 2.00. The molecule has 2 aromatic rings. The van der Waals surface area contributed by atoms with E-state index in [9.17, 15) is 0 Å². The van der Waals surface area contributed by atoms with Crippen molar-refractivity contribution in [3.8, 4) is 0 Å². The molecule has 0 unspecified atom stereocenters. The van der Waals surface area contributed by atoms with E-state index in [1.807, 2.05) is 31.3 Å². The van der Waals surface area contributed by atoms with E-state index >= 15 is 0 Å². The van der Waals surface area contributed by atoms with E-state index in [0.717, 1.165) is 35.8 Å². The van der Waals surface area contributed by atoms with Crippen LogP contribution in [0.25, 0.3) is 11.0 Å². The van der Waals surface area contributed by atoms with Crippen LogP contribution in [0.3, 0.4) is 0 Å². The molecule has 94 valence electrons. The third-order valence-electron chi connectivity index (χ3n) is 3.30. The maximum Gasteiger partial charge on any atom is 0.172 e. The number of anilines is 2. The lowest BCUT2D eigenvalue weighted by molar-refractivity contribution is 0.200. The molecule has 2 N–H and O–H groups in total. The first-order valence-electron chi connectivity index (χ1n) is 6.12. The van der Waals surface area contributed by atoms with Gasteiger partial charge in [-0.05, 0) is 12.1 Å². The summed E-state index contributed by atoms with van der Waals surface area (Å²) in [6.07, 6.45) is 0. The smallest absolute Gasteiger partial charge is 0.172 e. The number of aliphatic hydroxyl groups excluding tert-OH is 1. The van der Waals surface area contributed by atoms with Crippen LogP contribution in [0.2, 0.25) is 0 Å². The van der Waals surface area contributed by atoms with Gasteiger partial charge >= 0.3 is 0 Å². The Bertz CT molecular complexity index is 566. The SMILES string of the molecule is CNc1nc2ccccc2nc1N1CC(CO)C1. The first-order valence-corrected chi connectivity index (χ1v) is 6.12. The Morgan fingerprint density at radius 3 is 2.56 bits per heavy atom. The van der Waals surface area contributed by atoms with Gasteiger partial charge in [-0.25, -0.2) is 9.97 Å². The highest BCUT2D eigenvalue weighted by molar-refractivity contribution is 5.80. The fraction of sp³-hybridized carbons (Fsp3) is 0.385. The number of para-hydroxylation sites is 2. The highest BCUT2D eigenvalue weighted by atomic mass is 16.3. The molecule has 1 aromatic carbocycles. The molecule has 1 saturated heterocycles. The number of hydrogen-bond donors (Lipinski definition) is 2. The van der Waals surface area contributed by atoms with Crippen LogP contribution in [0.1, 0.15) is 0 Å². The van der Waals surface area contributed by atoms with Crippen LogP contribution in [0.15, 0.2) is 24.3 Å². The molecule has 0 bridgehead atoms. The molecule has 0 radical (unpaired) electrons. The van der Waals surface area contributed by atoms with Crippen molar-refractivity contribution in [2.75, 3.05) is 37.0 Å². The van der Waals surface area contributed by atoms with Gasteiger partial charge in [-0.3, -0.25) is 0 Å². The summed E-state index contributed by atoms with van der Waals surface area (Å²) in [6.45, 7) is 1.93. The van der Waals surface area contributed by atoms with Crippen LogP contribution in [-0.4, -0.2) is 41.8 Å². The van der Waals surface area contributed by atoms with Crippen molar-refractivity contribution in [1.82, 2.24) is 9.97 Å². The minimum absolute atomic E-state index is 0.242. The maximum atomic E-state index is 9.07. The Hall–Kier alpha value is -1.88. The predicted octanol–water partition coefficient (Wildman–Crippen LogP) is 1.10. The van der Waals surface area contributed by atoms with Gasteiger partial charge in [0.2, 0.25) is 0 Å². The molecule has 1 aliphatic heterocycles. The number of aromatic nitrogens is 2. The molecule has 0 aliphatic carbocycles. The topological polar surface area (TPSA) is 61.3 Å². The quantitative estimate of drug-likeness (QED) is 0.846. The predicted molar refractivity (Wildman–Crippen MR) is 71.9 cm³/mol. The zero-order chi connectivity index (χ0) is 12.5. The molecule has 0 atom stereocenters. The Morgan fingerprint density at radius 2 is 1.94 bits per heavy atom. The highest BCUT2D eigenvalue weighted by Crippen LogP contribution is 2.29.